The van der Waals surface area contributed by atoms with Crippen molar-refractivity contribution in [1.82, 2.24) is 0 Å². The molecule has 2 atom stereocenters. The molecule has 0 amide bonds. The summed E-state index contributed by atoms with van der Waals surface area (Å²) in [5.74, 6) is -0.292. The molecule has 0 radical (unpaired) electrons. The lowest BCUT2D eigenvalue weighted by Crippen LogP contribution is -2.23. The van der Waals surface area contributed by atoms with Crippen molar-refractivity contribution in [2.75, 3.05) is 21.0 Å². The van der Waals surface area contributed by atoms with Crippen LogP contribution in [-0.4, -0.2) is 37.9 Å². The number of hydrogen-bond acceptors (Lipinski definition) is 8. The summed E-state index contributed by atoms with van der Waals surface area (Å²) in [7, 11) is 2.82. The van der Waals surface area contributed by atoms with Crippen LogP contribution in [0.1, 0.15) is 35.9 Å². The SMILES string of the molecule is COc1cc([C@H](OC(=O)c2ccc3c(c2)OCO3)[C@H](C)C(C)=O)cc(O)c1OC. The van der Waals surface area contributed by atoms with Gasteiger partial charge >= 0.3 is 5.97 Å². The van der Waals surface area contributed by atoms with E-state index in [4.69, 9.17) is 23.7 Å². The first kappa shape index (κ1) is 20.3. The number of phenolic OH excluding ortho intramolecular Hbond substituents is 1. The number of methoxy groups -OCH3 is 2. The zero-order valence-electron chi connectivity index (χ0n) is 16.6. The summed E-state index contributed by atoms with van der Waals surface area (Å²) in [5.41, 5.74) is 0.650. The molecule has 154 valence electrons. The molecule has 1 N–H and O–H groups in total. The highest BCUT2D eigenvalue weighted by Crippen LogP contribution is 2.41. The fraction of sp³-hybridized carbons (Fsp3) is 0.333. The van der Waals surface area contributed by atoms with Gasteiger partial charge in [0.15, 0.2) is 23.0 Å². The molecule has 1 heterocycles. The van der Waals surface area contributed by atoms with E-state index in [1.54, 1.807) is 25.1 Å². The number of ether oxygens (including phenoxy) is 5. The summed E-state index contributed by atoms with van der Waals surface area (Å²) >= 11 is 0. The zero-order chi connectivity index (χ0) is 21.1. The smallest absolute Gasteiger partial charge is 0.338 e. The topological polar surface area (TPSA) is 101 Å². The Bertz CT molecular complexity index is 937. The van der Waals surface area contributed by atoms with Crippen LogP contribution in [0.5, 0.6) is 28.7 Å². The largest absolute Gasteiger partial charge is 0.504 e. The van der Waals surface area contributed by atoms with E-state index in [0.29, 0.717) is 17.1 Å². The molecule has 8 heteroatoms. The number of fused-ring (bicyclic) bond motifs is 1. The van der Waals surface area contributed by atoms with Crippen LogP contribution in [-0.2, 0) is 9.53 Å². The molecule has 0 bridgehead atoms. The van der Waals surface area contributed by atoms with E-state index in [-0.39, 0.29) is 35.4 Å². The number of ketones is 1. The minimum Gasteiger partial charge on any atom is -0.504 e. The number of hydrogen-bond donors (Lipinski definition) is 1. The van der Waals surface area contributed by atoms with Gasteiger partial charge in [-0.3, -0.25) is 4.79 Å². The molecule has 1 aliphatic rings. The summed E-state index contributed by atoms with van der Waals surface area (Å²) in [6.45, 7) is 3.14. The first-order valence-electron chi connectivity index (χ1n) is 8.91. The van der Waals surface area contributed by atoms with Crippen LogP contribution in [0.25, 0.3) is 0 Å². The lowest BCUT2D eigenvalue weighted by atomic mass is 9.93. The van der Waals surface area contributed by atoms with Crippen molar-refractivity contribution in [3.05, 3.63) is 41.5 Å². The zero-order valence-corrected chi connectivity index (χ0v) is 16.6. The fourth-order valence-corrected chi connectivity index (χ4v) is 3.01. The molecular formula is C21H22O8. The van der Waals surface area contributed by atoms with Crippen LogP contribution in [0.3, 0.4) is 0 Å². The van der Waals surface area contributed by atoms with Crippen molar-refractivity contribution >= 4 is 11.8 Å². The average molecular weight is 402 g/mol. The minimum absolute atomic E-state index is 0.0861. The van der Waals surface area contributed by atoms with Crippen LogP contribution in [0.2, 0.25) is 0 Å². The molecule has 29 heavy (non-hydrogen) atoms. The quantitative estimate of drug-likeness (QED) is 0.705. The van der Waals surface area contributed by atoms with Crippen LogP contribution >= 0.6 is 0 Å². The predicted octanol–water partition coefficient (Wildman–Crippen LogP) is 3.26. The van der Waals surface area contributed by atoms with Crippen molar-refractivity contribution in [3.63, 3.8) is 0 Å². The Morgan fingerprint density at radius 3 is 2.45 bits per heavy atom. The van der Waals surface area contributed by atoms with E-state index in [1.807, 2.05) is 0 Å². The van der Waals surface area contributed by atoms with Gasteiger partial charge in [-0.2, -0.15) is 0 Å². The molecule has 0 saturated carbocycles. The third-order valence-corrected chi connectivity index (χ3v) is 4.75. The van der Waals surface area contributed by atoms with Gasteiger partial charge in [-0.25, -0.2) is 4.79 Å². The number of benzene rings is 2. The van der Waals surface area contributed by atoms with Gasteiger partial charge < -0.3 is 28.8 Å². The van der Waals surface area contributed by atoms with Crippen molar-refractivity contribution < 1.29 is 38.4 Å². The molecule has 2 aromatic carbocycles. The van der Waals surface area contributed by atoms with Crippen molar-refractivity contribution in [3.8, 4) is 28.7 Å². The highest BCUT2D eigenvalue weighted by Gasteiger charge is 2.30. The molecule has 3 rings (SSSR count). The van der Waals surface area contributed by atoms with Gasteiger partial charge in [0, 0.05) is 5.56 Å². The Morgan fingerprint density at radius 1 is 1.07 bits per heavy atom. The Labute approximate surface area is 167 Å². The maximum atomic E-state index is 12.8. The van der Waals surface area contributed by atoms with E-state index >= 15 is 0 Å². The summed E-state index contributed by atoms with van der Waals surface area (Å²) in [5, 5.41) is 10.3. The predicted molar refractivity (Wildman–Crippen MR) is 102 cm³/mol. The maximum Gasteiger partial charge on any atom is 0.338 e. The fourth-order valence-electron chi connectivity index (χ4n) is 3.01. The summed E-state index contributed by atoms with van der Waals surface area (Å²) in [6, 6.07) is 7.64. The molecule has 0 fully saturated rings. The number of phenols is 1. The summed E-state index contributed by atoms with van der Waals surface area (Å²) in [6.07, 6.45) is -0.948. The van der Waals surface area contributed by atoms with Crippen LogP contribution in [0.15, 0.2) is 30.3 Å². The lowest BCUT2D eigenvalue weighted by molar-refractivity contribution is -0.123. The van der Waals surface area contributed by atoms with E-state index < -0.39 is 18.0 Å². The van der Waals surface area contributed by atoms with Gasteiger partial charge in [0.1, 0.15) is 11.9 Å². The molecule has 0 spiro atoms. The van der Waals surface area contributed by atoms with Gasteiger partial charge in [-0.1, -0.05) is 6.92 Å². The third kappa shape index (κ3) is 4.06. The normalized spacial score (nSPS) is 14.1. The summed E-state index contributed by atoms with van der Waals surface area (Å²) < 4.78 is 26.6. The highest BCUT2D eigenvalue weighted by molar-refractivity contribution is 5.91. The van der Waals surface area contributed by atoms with Crippen molar-refractivity contribution in [2.24, 2.45) is 5.92 Å². The van der Waals surface area contributed by atoms with Crippen LogP contribution in [0.4, 0.5) is 0 Å². The summed E-state index contributed by atoms with van der Waals surface area (Å²) in [4.78, 5) is 24.8. The molecule has 0 aliphatic carbocycles. The monoisotopic (exact) mass is 402 g/mol. The number of Topliss-reactive ketones (excluding diaryl/α,β-unsaturated/α-hetero) is 1. The first-order chi connectivity index (χ1) is 13.8. The number of carbonyl (C=O) groups is 2. The minimum atomic E-state index is -0.948. The Hall–Kier alpha value is -3.42. The third-order valence-electron chi connectivity index (χ3n) is 4.75. The lowest BCUT2D eigenvalue weighted by Gasteiger charge is -2.24. The van der Waals surface area contributed by atoms with Crippen LogP contribution in [0, 0.1) is 5.92 Å². The Morgan fingerprint density at radius 2 is 1.79 bits per heavy atom. The second kappa shape index (κ2) is 8.30. The molecule has 1 aliphatic heterocycles. The van der Waals surface area contributed by atoms with E-state index in [1.165, 1.54) is 33.3 Å². The molecule has 8 nitrogen and oxygen atoms in total. The maximum absolute atomic E-state index is 12.8. The van der Waals surface area contributed by atoms with Crippen molar-refractivity contribution in [2.45, 2.75) is 20.0 Å². The van der Waals surface area contributed by atoms with E-state index in [9.17, 15) is 14.7 Å². The molecule has 0 unspecified atom stereocenters. The number of aromatic hydroxyl groups is 1. The van der Waals surface area contributed by atoms with Gasteiger partial charge in [-0.05, 0) is 37.3 Å². The Balaban J connectivity index is 1.95. The number of esters is 1. The van der Waals surface area contributed by atoms with Crippen molar-refractivity contribution in [1.29, 1.82) is 0 Å². The molecular weight excluding hydrogens is 380 g/mol. The van der Waals surface area contributed by atoms with Gasteiger partial charge in [-0.15, -0.1) is 0 Å². The molecule has 0 saturated heterocycles. The van der Waals surface area contributed by atoms with E-state index in [0.717, 1.165) is 0 Å². The Kier molecular flexibility index (Phi) is 5.81. The average Bonchev–Trinajstić information content (AvgIpc) is 3.18. The second-order valence-electron chi connectivity index (χ2n) is 6.57. The molecule has 2 aromatic rings. The second-order valence-corrected chi connectivity index (χ2v) is 6.57. The first-order valence-corrected chi connectivity index (χ1v) is 8.91. The van der Waals surface area contributed by atoms with E-state index in [2.05, 4.69) is 0 Å². The molecule has 0 aromatic heterocycles. The van der Waals surface area contributed by atoms with Gasteiger partial charge in [0.2, 0.25) is 12.5 Å². The number of rotatable bonds is 7. The highest BCUT2D eigenvalue weighted by atomic mass is 16.7. The standard InChI is InChI=1S/C21H22O8/c1-11(12(2)22)19(14-7-15(23)20(26-4)18(9-14)25-3)29-21(24)13-5-6-16-17(8-13)28-10-27-16/h5-9,11,19,23H,10H2,1-4H3/t11-,19-/m1/s1. The van der Waals surface area contributed by atoms with Gasteiger partial charge in [0.05, 0.1) is 25.7 Å². The number of carbonyl (C=O) groups excluding carboxylic acids is 2. The van der Waals surface area contributed by atoms with Crippen LogP contribution < -0.4 is 18.9 Å². The van der Waals surface area contributed by atoms with Gasteiger partial charge in [0.25, 0.3) is 0 Å².